The normalized spacial score (nSPS) is 10.2. The summed E-state index contributed by atoms with van der Waals surface area (Å²) in [5, 5.41) is 0. The number of halogens is 3. The second kappa shape index (κ2) is 7.98. The Bertz CT molecular complexity index is 324. The molecule has 98 valence electrons. The summed E-state index contributed by atoms with van der Waals surface area (Å²) in [6.45, 7) is 7.07. The molecule has 0 aliphatic rings. The Balaban J connectivity index is 0.00000121. The van der Waals surface area contributed by atoms with Gasteiger partial charge in [-0.15, -0.1) is 0 Å². The number of ether oxygens (including phenoxy) is 1. The van der Waals surface area contributed by atoms with Crippen LogP contribution in [0.4, 0.5) is 13.2 Å². The van der Waals surface area contributed by atoms with Crippen molar-refractivity contribution in [3.8, 4) is 5.75 Å². The minimum absolute atomic E-state index is 0.125. The molecular formula is C13H19F3O. The first-order chi connectivity index (χ1) is 8.00. The molecule has 0 aliphatic heterocycles. The van der Waals surface area contributed by atoms with E-state index in [-0.39, 0.29) is 11.7 Å². The van der Waals surface area contributed by atoms with Crippen molar-refractivity contribution in [3.63, 3.8) is 0 Å². The van der Waals surface area contributed by atoms with Gasteiger partial charge in [-0.3, -0.25) is 0 Å². The van der Waals surface area contributed by atoms with E-state index in [0.29, 0.717) is 0 Å². The summed E-state index contributed by atoms with van der Waals surface area (Å²) < 4.78 is 41.5. The largest absolute Gasteiger partial charge is 0.485 e. The van der Waals surface area contributed by atoms with E-state index in [2.05, 4.69) is 4.74 Å². The van der Waals surface area contributed by atoms with Gasteiger partial charge < -0.3 is 4.74 Å². The lowest BCUT2D eigenvalue weighted by molar-refractivity contribution is 0.0799. The molecule has 0 radical (unpaired) electrons. The van der Waals surface area contributed by atoms with Crippen molar-refractivity contribution in [1.29, 1.82) is 0 Å². The topological polar surface area (TPSA) is 9.23 Å². The highest BCUT2D eigenvalue weighted by Gasteiger charge is 2.09. The van der Waals surface area contributed by atoms with Crippen LogP contribution in [0.15, 0.2) is 18.2 Å². The van der Waals surface area contributed by atoms with E-state index < -0.39 is 18.8 Å². The summed E-state index contributed by atoms with van der Waals surface area (Å²) in [7, 11) is 0. The molecule has 17 heavy (non-hydrogen) atoms. The molecule has 0 aliphatic carbocycles. The van der Waals surface area contributed by atoms with Crippen LogP contribution in [0.25, 0.3) is 0 Å². The Morgan fingerprint density at radius 3 is 2.18 bits per heavy atom. The smallest absolute Gasteiger partial charge is 0.272 e. The molecule has 0 aromatic heterocycles. The average molecular weight is 248 g/mol. The van der Waals surface area contributed by atoms with E-state index in [0.717, 1.165) is 5.56 Å². The van der Waals surface area contributed by atoms with Crippen molar-refractivity contribution in [2.45, 2.75) is 40.0 Å². The van der Waals surface area contributed by atoms with Crippen LogP contribution in [0, 0.1) is 5.82 Å². The van der Waals surface area contributed by atoms with Gasteiger partial charge in [0.1, 0.15) is 6.61 Å². The number of alkyl halides is 2. The van der Waals surface area contributed by atoms with Gasteiger partial charge in [0.15, 0.2) is 11.6 Å². The Hall–Kier alpha value is -1.19. The zero-order chi connectivity index (χ0) is 13.4. The van der Waals surface area contributed by atoms with E-state index in [1.54, 1.807) is 6.07 Å². The van der Waals surface area contributed by atoms with E-state index >= 15 is 0 Å². The minimum atomic E-state index is -2.59. The van der Waals surface area contributed by atoms with E-state index in [9.17, 15) is 13.2 Å². The Labute approximate surface area is 101 Å². The molecule has 4 heteroatoms. The molecule has 0 fully saturated rings. The molecular weight excluding hydrogens is 229 g/mol. The predicted octanol–water partition coefficient (Wildman–Crippen LogP) is 4.62. The Morgan fingerprint density at radius 2 is 1.76 bits per heavy atom. The van der Waals surface area contributed by atoms with Crippen molar-refractivity contribution >= 4 is 0 Å². The van der Waals surface area contributed by atoms with Crippen LogP contribution in [0.5, 0.6) is 5.75 Å². The predicted molar refractivity (Wildman–Crippen MR) is 63.3 cm³/mol. The lowest BCUT2D eigenvalue weighted by Crippen LogP contribution is -2.08. The van der Waals surface area contributed by atoms with Crippen LogP contribution in [-0.2, 0) is 0 Å². The molecule has 1 aromatic carbocycles. The van der Waals surface area contributed by atoms with Gasteiger partial charge in [-0.1, -0.05) is 33.8 Å². The molecule has 0 saturated heterocycles. The first-order valence-corrected chi connectivity index (χ1v) is 5.71. The maximum absolute atomic E-state index is 13.3. The van der Waals surface area contributed by atoms with Crippen LogP contribution in [0.1, 0.15) is 39.2 Å². The molecule has 1 rings (SSSR count). The standard InChI is InChI=1S/C11H13F3O.C2H6/c1-7(2)8-3-4-10(9(12)5-8)15-6-11(13)14;1-2/h3-5,7,11H,6H2,1-2H3;1-2H3. The maximum Gasteiger partial charge on any atom is 0.272 e. The van der Waals surface area contributed by atoms with Gasteiger partial charge in [0.2, 0.25) is 0 Å². The molecule has 1 nitrogen and oxygen atoms in total. The maximum atomic E-state index is 13.3. The number of hydrogen-bond donors (Lipinski definition) is 0. The fraction of sp³-hybridized carbons (Fsp3) is 0.538. The van der Waals surface area contributed by atoms with Crippen molar-refractivity contribution in [1.82, 2.24) is 0 Å². The first-order valence-electron chi connectivity index (χ1n) is 5.71. The van der Waals surface area contributed by atoms with E-state index in [4.69, 9.17) is 0 Å². The SMILES string of the molecule is CC.CC(C)c1ccc(OCC(F)F)c(F)c1. The second-order valence-corrected chi connectivity index (χ2v) is 3.55. The van der Waals surface area contributed by atoms with Crippen molar-refractivity contribution in [2.75, 3.05) is 6.61 Å². The highest BCUT2D eigenvalue weighted by atomic mass is 19.3. The van der Waals surface area contributed by atoms with E-state index in [1.807, 2.05) is 27.7 Å². The highest BCUT2D eigenvalue weighted by molar-refractivity contribution is 5.30. The van der Waals surface area contributed by atoms with Crippen LogP contribution < -0.4 is 4.74 Å². The molecule has 0 unspecified atom stereocenters. The highest BCUT2D eigenvalue weighted by Crippen LogP contribution is 2.23. The third-order valence-corrected chi connectivity index (χ3v) is 1.99. The van der Waals surface area contributed by atoms with Crippen molar-refractivity contribution < 1.29 is 17.9 Å². The van der Waals surface area contributed by atoms with Gasteiger partial charge >= 0.3 is 0 Å². The average Bonchev–Trinajstić information content (AvgIpc) is 2.29. The summed E-state index contributed by atoms with van der Waals surface area (Å²) in [4.78, 5) is 0. The first kappa shape index (κ1) is 15.8. The van der Waals surface area contributed by atoms with Crippen LogP contribution in [0.2, 0.25) is 0 Å². The molecule has 0 saturated carbocycles. The Kier molecular flexibility index (Phi) is 7.42. The zero-order valence-corrected chi connectivity index (χ0v) is 10.6. The van der Waals surface area contributed by atoms with Gasteiger partial charge in [0, 0.05) is 0 Å². The van der Waals surface area contributed by atoms with Gasteiger partial charge in [0.05, 0.1) is 0 Å². The molecule has 0 heterocycles. The van der Waals surface area contributed by atoms with E-state index in [1.165, 1.54) is 12.1 Å². The summed E-state index contributed by atoms with van der Waals surface area (Å²) >= 11 is 0. The molecule has 1 aromatic rings. The van der Waals surface area contributed by atoms with Gasteiger partial charge in [-0.05, 0) is 23.6 Å². The summed E-state index contributed by atoms with van der Waals surface area (Å²) in [5.74, 6) is -0.523. The van der Waals surface area contributed by atoms with Crippen LogP contribution in [0.3, 0.4) is 0 Å². The third kappa shape index (κ3) is 5.61. The number of benzene rings is 1. The lowest BCUT2D eigenvalue weighted by Gasteiger charge is -2.09. The van der Waals surface area contributed by atoms with Crippen molar-refractivity contribution in [2.24, 2.45) is 0 Å². The molecule has 0 spiro atoms. The second-order valence-electron chi connectivity index (χ2n) is 3.55. The molecule has 0 atom stereocenters. The summed E-state index contributed by atoms with van der Waals surface area (Å²) in [6.07, 6.45) is -2.59. The number of hydrogen-bond acceptors (Lipinski definition) is 1. The monoisotopic (exact) mass is 248 g/mol. The summed E-state index contributed by atoms with van der Waals surface area (Å²) in [6, 6.07) is 4.37. The molecule has 0 amide bonds. The minimum Gasteiger partial charge on any atom is -0.485 e. The van der Waals surface area contributed by atoms with Gasteiger partial charge in [-0.25, -0.2) is 13.2 Å². The number of rotatable bonds is 4. The van der Waals surface area contributed by atoms with Crippen molar-refractivity contribution in [3.05, 3.63) is 29.6 Å². The quantitative estimate of drug-likeness (QED) is 0.755. The fourth-order valence-corrected chi connectivity index (χ4v) is 1.15. The zero-order valence-electron chi connectivity index (χ0n) is 10.6. The third-order valence-electron chi connectivity index (χ3n) is 1.99. The van der Waals surface area contributed by atoms with Gasteiger partial charge in [0.25, 0.3) is 6.43 Å². The lowest BCUT2D eigenvalue weighted by atomic mass is 10.0. The molecule has 0 bridgehead atoms. The van der Waals surface area contributed by atoms with Crippen LogP contribution >= 0.6 is 0 Å². The Morgan fingerprint density at radius 1 is 1.18 bits per heavy atom. The molecule has 0 N–H and O–H groups in total. The summed E-state index contributed by atoms with van der Waals surface area (Å²) in [5.41, 5.74) is 0.817. The van der Waals surface area contributed by atoms with Gasteiger partial charge in [-0.2, -0.15) is 0 Å². The van der Waals surface area contributed by atoms with Crippen LogP contribution in [-0.4, -0.2) is 13.0 Å². The fourth-order valence-electron chi connectivity index (χ4n) is 1.15.